The fraction of sp³-hybridized carbons (Fsp3) is 0.190. The van der Waals surface area contributed by atoms with Gasteiger partial charge in [0.2, 0.25) is 0 Å². The van der Waals surface area contributed by atoms with Crippen molar-refractivity contribution in [1.29, 1.82) is 0 Å². The zero-order chi connectivity index (χ0) is 17.2. The summed E-state index contributed by atoms with van der Waals surface area (Å²) in [6.07, 6.45) is -0.164. The Bertz CT molecular complexity index is 944. The Hall–Kier alpha value is -2.85. The summed E-state index contributed by atoms with van der Waals surface area (Å²) in [6, 6.07) is 21.0. The summed E-state index contributed by atoms with van der Waals surface area (Å²) in [5.41, 5.74) is 9.15. The number of aliphatic imine (C=N–C) groups is 1. The number of fused-ring (bicyclic) bond motifs is 2. The maximum atomic E-state index is 5.88. The predicted molar refractivity (Wildman–Crippen MR) is 102 cm³/mol. The van der Waals surface area contributed by atoms with Crippen molar-refractivity contribution >= 4 is 22.3 Å². The van der Waals surface area contributed by atoms with Crippen molar-refractivity contribution < 1.29 is 4.74 Å². The molecule has 1 heterocycles. The van der Waals surface area contributed by atoms with Crippen molar-refractivity contribution in [2.24, 2.45) is 10.7 Å². The molecule has 1 unspecified atom stereocenters. The van der Waals surface area contributed by atoms with Crippen LogP contribution in [0.4, 0.5) is 5.69 Å². The maximum Gasteiger partial charge on any atom is 0.153 e. The maximum absolute atomic E-state index is 5.88. The monoisotopic (exact) mass is 331 g/mol. The van der Waals surface area contributed by atoms with Crippen molar-refractivity contribution in [3.8, 4) is 5.75 Å². The predicted octanol–water partition coefficient (Wildman–Crippen LogP) is 3.90. The Morgan fingerprint density at radius 2 is 1.88 bits per heavy atom. The van der Waals surface area contributed by atoms with Crippen LogP contribution in [0.15, 0.2) is 65.7 Å². The lowest BCUT2D eigenvalue weighted by Crippen LogP contribution is -2.33. The zero-order valence-corrected chi connectivity index (χ0v) is 14.2. The molecule has 4 heteroatoms. The first-order valence-corrected chi connectivity index (χ1v) is 8.52. The number of nitrogens with one attached hydrogen (secondary N) is 1. The minimum absolute atomic E-state index is 0.164. The zero-order valence-electron chi connectivity index (χ0n) is 14.2. The van der Waals surface area contributed by atoms with Crippen LogP contribution in [0, 0.1) is 0 Å². The molecule has 0 radical (unpaired) electrons. The van der Waals surface area contributed by atoms with Crippen LogP contribution in [-0.4, -0.2) is 11.9 Å². The Labute approximate surface area is 147 Å². The van der Waals surface area contributed by atoms with E-state index >= 15 is 0 Å². The van der Waals surface area contributed by atoms with Gasteiger partial charge < -0.3 is 15.8 Å². The molecule has 25 heavy (non-hydrogen) atoms. The summed E-state index contributed by atoms with van der Waals surface area (Å²) < 4.78 is 5.74. The molecular formula is C21H21N3O. The third kappa shape index (κ3) is 3.21. The number of nitrogens with two attached hydrogens (primary N) is 1. The second-order valence-electron chi connectivity index (χ2n) is 6.34. The Morgan fingerprint density at radius 3 is 2.80 bits per heavy atom. The van der Waals surface area contributed by atoms with Gasteiger partial charge in [0.15, 0.2) is 6.10 Å². The molecule has 0 aromatic heterocycles. The van der Waals surface area contributed by atoms with Crippen molar-refractivity contribution in [3.63, 3.8) is 0 Å². The fourth-order valence-electron chi connectivity index (χ4n) is 3.13. The third-order valence-electron chi connectivity index (χ3n) is 4.52. The van der Waals surface area contributed by atoms with E-state index in [0.717, 1.165) is 30.1 Å². The lowest BCUT2D eigenvalue weighted by molar-refractivity contribution is 0.281. The summed E-state index contributed by atoms with van der Waals surface area (Å²) >= 11 is 0. The van der Waals surface area contributed by atoms with E-state index in [4.69, 9.17) is 10.5 Å². The van der Waals surface area contributed by atoms with Gasteiger partial charge in [-0.2, -0.15) is 0 Å². The summed E-state index contributed by atoms with van der Waals surface area (Å²) in [5.74, 6) is 1.31. The van der Waals surface area contributed by atoms with Gasteiger partial charge in [-0.15, -0.1) is 0 Å². The average molecular weight is 331 g/mol. The third-order valence-corrected chi connectivity index (χ3v) is 4.52. The molecule has 4 rings (SSSR count). The van der Waals surface area contributed by atoms with Crippen LogP contribution < -0.4 is 15.8 Å². The Morgan fingerprint density at radius 1 is 1.04 bits per heavy atom. The second kappa shape index (κ2) is 6.57. The highest BCUT2D eigenvalue weighted by molar-refractivity contribution is 5.89. The molecule has 0 saturated carbocycles. The Kier molecular flexibility index (Phi) is 4.12. The van der Waals surface area contributed by atoms with Gasteiger partial charge >= 0.3 is 0 Å². The van der Waals surface area contributed by atoms with E-state index < -0.39 is 0 Å². The van der Waals surface area contributed by atoms with Crippen LogP contribution in [-0.2, 0) is 13.1 Å². The van der Waals surface area contributed by atoms with Crippen LogP contribution in [0.5, 0.6) is 5.75 Å². The van der Waals surface area contributed by atoms with Gasteiger partial charge in [-0.05, 0) is 41.0 Å². The molecule has 1 aliphatic heterocycles. The number of nitrogens with zero attached hydrogens (tertiary/aromatic N) is 1. The van der Waals surface area contributed by atoms with Gasteiger partial charge in [0.1, 0.15) is 17.3 Å². The first-order valence-electron chi connectivity index (χ1n) is 8.52. The first-order chi connectivity index (χ1) is 12.2. The summed E-state index contributed by atoms with van der Waals surface area (Å²) in [6.45, 7) is 3.49. The van der Waals surface area contributed by atoms with Crippen LogP contribution in [0.1, 0.15) is 18.1 Å². The standard InChI is InChI=1S/C21H21N3O/c1-14-21(22)24-19-11-15(9-10-20(19)25-14)12-23-13-17-7-4-6-16-5-2-3-8-18(16)17/h2-11,14,23H,12-13H2,1H3,(H2,22,24). The van der Waals surface area contributed by atoms with Crippen molar-refractivity contribution in [2.45, 2.75) is 26.1 Å². The lowest BCUT2D eigenvalue weighted by atomic mass is 10.0. The van der Waals surface area contributed by atoms with Gasteiger partial charge in [-0.1, -0.05) is 48.5 Å². The molecule has 1 atom stereocenters. The molecule has 0 aliphatic carbocycles. The van der Waals surface area contributed by atoms with Crippen molar-refractivity contribution in [3.05, 3.63) is 71.8 Å². The molecule has 0 saturated heterocycles. The minimum Gasteiger partial charge on any atom is -0.481 e. The van der Waals surface area contributed by atoms with E-state index in [1.54, 1.807) is 0 Å². The summed E-state index contributed by atoms with van der Waals surface area (Å²) in [5, 5.41) is 6.08. The summed E-state index contributed by atoms with van der Waals surface area (Å²) in [7, 11) is 0. The molecule has 126 valence electrons. The smallest absolute Gasteiger partial charge is 0.153 e. The molecule has 3 N–H and O–H groups in total. The highest BCUT2D eigenvalue weighted by Crippen LogP contribution is 2.32. The normalized spacial score (nSPS) is 16.2. The average Bonchev–Trinajstić information content (AvgIpc) is 2.63. The Balaban J connectivity index is 1.47. The molecule has 0 amide bonds. The quantitative estimate of drug-likeness (QED) is 0.762. The van der Waals surface area contributed by atoms with E-state index in [0.29, 0.717) is 5.84 Å². The SMILES string of the molecule is CC1Oc2ccc(CNCc3cccc4ccccc34)cc2N=C1N. The molecule has 3 aromatic rings. The molecule has 3 aromatic carbocycles. The molecule has 0 fully saturated rings. The van der Waals surface area contributed by atoms with E-state index in [9.17, 15) is 0 Å². The fourth-order valence-corrected chi connectivity index (χ4v) is 3.13. The molecule has 4 nitrogen and oxygen atoms in total. The van der Waals surface area contributed by atoms with Gasteiger partial charge in [-0.3, -0.25) is 0 Å². The van der Waals surface area contributed by atoms with Crippen molar-refractivity contribution in [1.82, 2.24) is 5.32 Å². The number of amidine groups is 1. The van der Waals surface area contributed by atoms with Gasteiger partial charge in [0.05, 0.1) is 0 Å². The summed E-state index contributed by atoms with van der Waals surface area (Å²) in [4.78, 5) is 4.44. The number of rotatable bonds is 4. The lowest BCUT2D eigenvalue weighted by Gasteiger charge is -2.21. The van der Waals surface area contributed by atoms with E-state index in [-0.39, 0.29) is 6.10 Å². The largest absolute Gasteiger partial charge is 0.481 e. The molecule has 0 bridgehead atoms. The van der Waals surface area contributed by atoms with Gasteiger partial charge in [0.25, 0.3) is 0 Å². The van der Waals surface area contributed by atoms with Crippen LogP contribution in [0.25, 0.3) is 10.8 Å². The van der Waals surface area contributed by atoms with Gasteiger partial charge in [-0.25, -0.2) is 4.99 Å². The van der Waals surface area contributed by atoms with E-state index in [2.05, 4.69) is 58.8 Å². The molecule has 0 spiro atoms. The molecular weight excluding hydrogens is 310 g/mol. The number of hydrogen-bond acceptors (Lipinski definition) is 4. The van der Waals surface area contributed by atoms with Gasteiger partial charge in [0, 0.05) is 13.1 Å². The number of hydrogen-bond donors (Lipinski definition) is 2. The molecule has 1 aliphatic rings. The van der Waals surface area contributed by atoms with Crippen LogP contribution in [0.3, 0.4) is 0 Å². The van der Waals surface area contributed by atoms with E-state index in [1.807, 2.05) is 19.1 Å². The van der Waals surface area contributed by atoms with Crippen LogP contribution in [0.2, 0.25) is 0 Å². The first kappa shape index (κ1) is 15.7. The van der Waals surface area contributed by atoms with Crippen molar-refractivity contribution in [2.75, 3.05) is 0 Å². The minimum atomic E-state index is -0.164. The second-order valence-corrected chi connectivity index (χ2v) is 6.34. The van der Waals surface area contributed by atoms with E-state index in [1.165, 1.54) is 16.3 Å². The number of benzene rings is 3. The highest BCUT2D eigenvalue weighted by atomic mass is 16.5. The topological polar surface area (TPSA) is 59.6 Å². The van der Waals surface area contributed by atoms with Crippen LogP contribution >= 0.6 is 0 Å². The number of ether oxygens (including phenoxy) is 1. The highest BCUT2D eigenvalue weighted by Gasteiger charge is 2.18.